The first-order valence-electron chi connectivity index (χ1n) is 7.73. The molecule has 1 fully saturated rings. The molecule has 2 N–H and O–H groups in total. The third-order valence-electron chi connectivity index (χ3n) is 4.37. The molecule has 1 aliphatic carbocycles. The number of benzene rings is 1. The molecule has 0 bridgehead atoms. The van der Waals surface area contributed by atoms with E-state index in [1.54, 1.807) is 0 Å². The highest BCUT2D eigenvalue weighted by Gasteiger charge is 2.37. The molecule has 2 unspecified atom stereocenters. The highest BCUT2D eigenvalue weighted by atomic mass is 16.5. The van der Waals surface area contributed by atoms with Crippen LogP contribution in [0.15, 0.2) is 28.8 Å². The van der Waals surface area contributed by atoms with E-state index in [9.17, 15) is 0 Å². The molecule has 0 amide bonds. The average Bonchev–Trinajstić information content (AvgIpc) is 2.88. The van der Waals surface area contributed by atoms with Crippen LogP contribution >= 0.6 is 0 Å². The molecule has 3 rings (SSSR count). The first-order chi connectivity index (χ1) is 10.0. The standard InChI is InChI=1S/C17H23N3O/c1-12-5-3-7-14(9-12)10-15-19-16(21-20-15)17(18)8-4-6-13(2)11-17/h3,5,7,9,13H,4,6,8,10-11,18H2,1-2H3. The Hall–Kier alpha value is -1.68. The minimum atomic E-state index is -0.435. The largest absolute Gasteiger partial charge is 0.337 e. The maximum absolute atomic E-state index is 6.51. The summed E-state index contributed by atoms with van der Waals surface area (Å²) in [5, 5.41) is 4.12. The molecule has 0 spiro atoms. The smallest absolute Gasteiger partial charge is 0.246 e. The fourth-order valence-corrected chi connectivity index (χ4v) is 3.32. The number of aryl methyl sites for hydroxylation is 1. The Morgan fingerprint density at radius 3 is 3.05 bits per heavy atom. The van der Waals surface area contributed by atoms with E-state index in [2.05, 4.69) is 48.3 Å². The van der Waals surface area contributed by atoms with Gasteiger partial charge in [-0.25, -0.2) is 0 Å². The molecule has 0 saturated heterocycles. The summed E-state index contributed by atoms with van der Waals surface area (Å²) >= 11 is 0. The van der Waals surface area contributed by atoms with Crippen molar-refractivity contribution >= 4 is 0 Å². The topological polar surface area (TPSA) is 64.9 Å². The van der Waals surface area contributed by atoms with Crippen LogP contribution in [-0.2, 0) is 12.0 Å². The van der Waals surface area contributed by atoms with Crippen molar-refractivity contribution in [3.8, 4) is 0 Å². The summed E-state index contributed by atoms with van der Waals surface area (Å²) in [5.74, 6) is 1.95. The van der Waals surface area contributed by atoms with Crippen LogP contribution in [0.2, 0.25) is 0 Å². The van der Waals surface area contributed by atoms with Crippen molar-refractivity contribution in [3.05, 3.63) is 47.1 Å². The molecule has 2 aromatic rings. The van der Waals surface area contributed by atoms with Crippen LogP contribution in [-0.4, -0.2) is 10.1 Å². The van der Waals surface area contributed by atoms with Crippen molar-refractivity contribution < 1.29 is 4.52 Å². The van der Waals surface area contributed by atoms with E-state index in [0.29, 0.717) is 18.2 Å². The van der Waals surface area contributed by atoms with Gasteiger partial charge in [-0.05, 0) is 31.2 Å². The van der Waals surface area contributed by atoms with E-state index in [1.807, 2.05) is 0 Å². The Morgan fingerprint density at radius 1 is 1.43 bits per heavy atom. The van der Waals surface area contributed by atoms with Crippen molar-refractivity contribution in [1.29, 1.82) is 0 Å². The second-order valence-electron chi connectivity index (χ2n) is 6.54. The van der Waals surface area contributed by atoms with Gasteiger partial charge in [0.1, 0.15) is 0 Å². The van der Waals surface area contributed by atoms with Crippen molar-refractivity contribution in [2.75, 3.05) is 0 Å². The molecule has 4 nitrogen and oxygen atoms in total. The van der Waals surface area contributed by atoms with Crippen molar-refractivity contribution in [2.45, 2.75) is 51.5 Å². The van der Waals surface area contributed by atoms with E-state index in [4.69, 9.17) is 10.3 Å². The third-order valence-corrected chi connectivity index (χ3v) is 4.37. The fraction of sp³-hybridized carbons (Fsp3) is 0.529. The minimum absolute atomic E-state index is 0.435. The summed E-state index contributed by atoms with van der Waals surface area (Å²) in [6.45, 7) is 4.33. The average molecular weight is 285 g/mol. The number of rotatable bonds is 3. The van der Waals surface area contributed by atoms with Crippen LogP contribution in [0.4, 0.5) is 0 Å². The van der Waals surface area contributed by atoms with Crippen LogP contribution < -0.4 is 5.73 Å². The molecular formula is C17H23N3O. The van der Waals surface area contributed by atoms with E-state index in [1.165, 1.54) is 17.5 Å². The Morgan fingerprint density at radius 2 is 2.29 bits per heavy atom. The monoisotopic (exact) mass is 285 g/mol. The van der Waals surface area contributed by atoms with Gasteiger partial charge in [0.2, 0.25) is 5.89 Å². The van der Waals surface area contributed by atoms with Gasteiger partial charge in [0, 0.05) is 6.42 Å². The molecule has 21 heavy (non-hydrogen) atoms. The zero-order valence-corrected chi connectivity index (χ0v) is 12.8. The van der Waals surface area contributed by atoms with Gasteiger partial charge in [0.25, 0.3) is 0 Å². The number of nitrogens with two attached hydrogens (primary N) is 1. The SMILES string of the molecule is Cc1cccc(Cc2noc(C3(N)CCCC(C)C3)n2)c1. The summed E-state index contributed by atoms with van der Waals surface area (Å²) in [4.78, 5) is 4.56. The number of hydrogen-bond donors (Lipinski definition) is 1. The fourth-order valence-electron chi connectivity index (χ4n) is 3.32. The molecule has 1 saturated carbocycles. The van der Waals surface area contributed by atoms with Gasteiger partial charge in [0.15, 0.2) is 5.82 Å². The quantitative estimate of drug-likeness (QED) is 0.939. The second-order valence-corrected chi connectivity index (χ2v) is 6.54. The molecule has 112 valence electrons. The zero-order valence-electron chi connectivity index (χ0n) is 12.8. The maximum Gasteiger partial charge on any atom is 0.246 e. The van der Waals surface area contributed by atoms with E-state index >= 15 is 0 Å². The molecule has 1 aromatic carbocycles. The van der Waals surface area contributed by atoms with Crippen LogP contribution in [0.3, 0.4) is 0 Å². The first-order valence-corrected chi connectivity index (χ1v) is 7.73. The van der Waals surface area contributed by atoms with Gasteiger partial charge in [-0.2, -0.15) is 4.98 Å². The second kappa shape index (κ2) is 5.60. The van der Waals surface area contributed by atoms with Gasteiger partial charge in [-0.3, -0.25) is 0 Å². The van der Waals surface area contributed by atoms with Crippen molar-refractivity contribution in [3.63, 3.8) is 0 Å². The Kier molecular flexibility index (Phi) is 3.81. The molecular weight excluding hydrogens is 262 g/mol. The highest BCUT2D eigenvalue weighted by molar-refractivity contribution is 5.24. The third kappa shape index (κ3) is 3.16. The van der Waals surface area contributed by atoms with E-state index in [-0.39, 0.29) is 0 Å². The normalized spacial score (nSPS) is 26.0. The van der Waals surface area contributed by atoms with Crippen LogP contribution in [0, 0.1) is 12.8 Å². The first kappa shape index (κ1) is 14.3. The molecule has 1 aromatic heterocycles. The summed E-state index contributed by atoms with van der Waals surface area (Å²) < 4.78 is 5.47. The van der Waals surface area contributed by atoms with Crippen molar-refractivity contribution in [2.24, 2.45) is 11.7 Å². The van der Waals surface area contributed by atoms with Crippen LogP contribution in [0.5, 0.6) is 0 Å². The molecule has 1 aliphatic rings. The Bertz CT molecular complexity index is 622. The Balaban J connectivity index is 1.77. The van der Waals surface area contributed by atoms with Crippen LogP contribution in [0.1, 0.15) is 55.4 Å². The van der Waals surface area contributed by atoms with Crippen molar-refractivity contribution in [1.82, 2.24) is 10.1 Å². The molecule has 0 aliphatic heterocycles. The van der Waals surface area contributed by atoms with Gasteiger partial charge >= 0.3 is 0 Å². The predicted octanol–water partition coefficient (Wildman–Crippen LogP) is 3.33. The van der Waals surface area contributed by atoms with Gasteiger partial charge in [-0.1, -0.05) is 54.8 Å². The lowest BCUT2D eigenvalue weighted by molar-refractivity contribution is 0.183. The maximum atomic E-state index is 6.51. The molecule has 2 atom stereocenters. The van der Waals surface area contributed by atoms with E-state index < -0.39 is 5.54 Å². The lowest BCUT2D eigenvalue weighted by Crippen LogP contribution is -2.41. The lowest BCUT2D eigenvalue weighted by Gasteiger charge is -2.33. The minimum Gasteiger partial charge on any atom is -0.337 e. The van der Waals surface area contributed by atoms with Crippen LogP contribution in [0.25, 0.3) is 0 Å². The van der Waals surface area contributed by atoms with Gasteiger partial charge < -0.3 is 10.3 Å². The lowest BCUT2D eigenvalue weighted by atomic mass is 9.77. The van der Waals surface area contributed by atoms with E-state index in [0.717, 1.165) is 25.1 Å². The summed E-state index contributed by atoms with van der Waals surface area (Å²) in [6.07, 6.45) is 4.93. The molecule has 4 heteroatoms. The number of hydrogen-bond acceptors (Lipinski definition) is 4. The highest BCUT2D eigenvalue weighted by Crippen LogP contribution is 2.36. The summed E-state index contributed by atoms with van der Waals surface area (Å²) in [6, 6.07) is 8.38. The summed E-state index contributed by atoms with van der Waals surface area (Å²) in [7, 11) is 0. The van der Waals surface area contributed by atoms with Gasteiger partial charge in [-0.15, -0.1) is 0 Å². The van der Waals surface area contributed by atoms with Gasteiger partial charge in [0.05, 0.1) is 5.54 Å². The number of nitrogens with zero attached hydrogens (tertiary/aromatic N) is 2. The number of aromatic nitrogens is 2. The summed E-state index contributed by atoms with van der Waals surface area (Å²) in [5.41, 5.74) is 8.51. The predicted molar refractivity (Wildman–Crippen MR) is 81.8 cm³/mol. The Labute approximate surface area is 125 Å². The zero-order chi connectivity index (χ0) is 14.9. The molecule has 1 heterocycles. The molecule has 0 radical (unpaired) electrons.